The molecule has 0 radical (unpaired) electrons. The Balaban J connectivity index is 2.24. The number of rotatable bonds is 3. The standard InChI is InChI=1S/C15H13I2NO/c1-10(11-5-3-2-4-6-11)18-9-12-7-13(16)8-14(17)15(12)19/h2-10,19H,1H3/t10-/m1/s1. The van der Waals surface area contributed by atoms with Crippen LogP contribution in [0.15, 0.2) is 47.5 Å². The van der Waals surface area contributed by atoms with Gasteiger partial charge in [0.25, 0.3) is 0 Å². The van der Waals surface area contributed by atoms with Crippen LogP contribution in [0.4, 0.5) is 0 Å². The predicted octanol–water partition coefficient (Wildman–Crippen LogP) is 4.78. The van der Waals surface area contributed by atoms with E-state index in [4.69, 9.17) is 0 Å². The van der Waals surface area contributed by atoms with Crippen LogP contribution in [-0.2, 0) is 0 Å². The van der Waals surface area contributed by atoms with Crippen LogP contribution in [0.5, 0.6) is 5.75 Å². The van der Waals surface area contributed by atoms with Crippen LogP contribution in [-0.4, -0.2) is 11.3 Å². The van der Waals surface area contributed by atoms with Gasteiger partial charge >= 0.3 is 0 Å². The highest BCUT2D eigenvalue weighted by molar-refractivity contribution is 14.1. The Kier molecular flexibility index (Phi) is 5.20. The van der Waals surface area contributed by atoms with Gasteiger partial charge in [-0.3, -0.25) is 4.99 Å². The number of aliphatic imine (C=N–C) groups is 1. The fraction of sp³-hybridized carbons (Fsp3) is 0.133. The minimum atomic E-state index is 0.0797. The maximum absolute atomic E-state index is 10.0. The Hall–Kier alpha value is -0.630. The van der Waals surface area contributed by atoms with Gasteiger partial charge in [-0.15, -0.1) is 0 Å². The lowest BCUT2D eigenvalue weighted by atomic mass is 10.1. The van der Waals surface area contributed by atoms with E-state index in [-0.39, 0.29) is 6.04 Å². The van der Waals surface area contributed by atoms with E-state index in [1.165, 1.54) is 5.56 Å². The average molecular weight is 477 g/mol. The Labute approximate surface area is 140 Å². The molecule has 0 aromatic heterocycles. The molecule has 0 heterocycles. The highest BCUT2D eigenvalue weighted by Gasteiger charge is 2.06. The zero-order valence-corrected chi connectivity index (χ0v) is 14.7. The topological polar surface area (TPSA) is 32.6 Å². The van der Waals surface area contributed by atoms with Gasteiger partial charge in [-0.1, -0.05) is 30.3 Å². The molecule has 2 aromatic carbocycles. The van der Waals surface area contributed by atoms with Crippen molar-refractivity contribution in [2.45, 2.75) is 13.0 Å². The summed E-state index contributed by atoms with van der Waals surface area (Å²) in [4.78, 5) is 4.52. The predicted molar refractivity (Wildman–Crippen MR) is 96.0 cm³/mol. The highest BCUT2D eigenvalue weighted by atomic mass is 127. The van der Waals surface area contributed by atoms with Crippen molar-refractivity contribution >= 4 is 51.4 Å². The maximum Gasteiger partial charge on any atom is 0.137 e. The number of phenolic OH excluding ortho intramolecular Hbond substituents is 1. The highest BCUT2D eigenvalue weighted by Crippen LogP contribution is 2.26. The number of benzene rings is 2. The first-order valence-corrected chi connectivity index (χ1v) is 8.00. The lowest BCUT2D eigenvalue weighted by Gasteiger charge is -2.07. The van der Waals surface area contributed by atoms with E-state index in [1.807, 2.05) is 37.3 Å². The van der Waals surface area contributed by atoms with E-state index in [0.29, 0.717) is 5.75 Å². The van der Waals surface area contributed by atoms with Crippen LogP contribution in [0.25, 0.3) is 0 Å². The molecule has 0 bridgehead atoms. The van der Waals surface area contributed by atoms with Crippen molar-refractivity contribution in [2.24, 2.45) is 4.99 Å². The molecular weight excluding hydrogens is 464 g/mol. The van der Waals surface area contributed by atoms with Gasteiger partial charge in [0.05, 0.1) is 9.61 Å². The van der Waals surface area contributed by atoms with Gasteiger partial charge in [-0.05, 0) is 69.8 Å². The van der Waals surface area contributed by atoms with Gasteiger partial charge in [0.1, 0.15) is 5.75 Å². The number of nitrogens with zero attached hydrogens (tertiary/aromatic N) is 1. The molecule has 2 aromatic rings. The molecule has 1 atom stereocenters. The summed E-state index contributed by atoms with van der Waals surface area (Å²) in [7, 11) is 0. The number of phenols is 1. The van der Waals surface area contributed by atoms with E-state index in [1.54, 1.807) is 6.21 Å². The van der Waals surface area contributed by atoms with Crippen LogP contribution in [0, 0.1) is 7.14 Å². The fourth-order valence-electron chi connectivity index (χ4n) is 1.69. The zero-order chi connectivity index (χ0) is 13.8. The molecule has 0 spiro atoms. The lowest BCUT2D eigenvalue weighted by molar-refractivity contribution is 0.470. The number of hydrogen-bond donors (Lipinski definition) is 1. The van der Waals surface area contributed by atoms with Gasteiger partial charge in [-0.2, -0.15) is 0 Å². The van der Waals surface area contributed by atoms with Crippen LogP contribution < -0.4 is 0 Å². The summed E-state index contributed by atoms with van der Waals surface area (Å²) >= 11 is 4.37. The van der Waals surface area contributed by atoms with Crippen LogP contribution >= 0.6 is 45.2 Å². The summed E-state index contributed by atoms with van der Waals surface area (Å²) in [5.41, 5.74) is 1.93. The second-order valence-electron chi connectivity index (χ2n) is 4.19. The first-order chi connectivity index (χ1) is 9.08. The van der Waals surface area contributed by atoms with E-state index in [2.05, 4.69) is 62.3 Å². The Morgan fingerprint density at radius 2 is 1.84 bits per heavy atom. The van der Waals surface area contributed by atoms with Crippen LogP contribution in [0.2, 0.25) is 0 Å². The minimum absolute atomic E-state index is 0.0797. The molecule has 0 unspecified atom stereocenters. The van der Waals surface area contributed by atoms with E-state index in [0.717, 1.165) is 12.7 Å². The first-order valence-electron chi connectivity index (χ1n) is 5.84. The molecule has 2 rings (SSSR count). The first kappa shape index (κ1) is 14.8. The molecule has 1 N–H and O–H groups in total. The number of hydrogen-bond acceptors (Lipinski definition) is 2. The summed E-state index contributed by atoms with van der Waals surface area (Å²) in [6, 6.07) is 14.1. The van der Waals surface area contributed by atoms with Gasteiger partial charge in [0.15, 0.2) is 0 Å². The van der Waals surface area contributed by atoms with Crippen molar-refractivity contribution in [1.82, 2.24) is 0 Å². The summed E-state index contributed by atoms with van der Waals surface area (Å²) in [6.07, 6.45) is 1.75. The molecule has 0 aliphatic rings. The van der Waals surface area contributed by atoms with Crippen molar-refractivity contribution in [1.29, 1.82) is 0 Å². The smallest absolute Gasteiger partial charge is 0.137 e. The molecular formula is C15H13I2NO. The quantitative estimate of drug-likeness (QED) is 0.501. The third-order valence-corrected chi connectivity index (χ3v) is 4.22. The Bertz CT molecular complexity index is 597. The summed E-state index contributed by atoms with van der Waals surface area (Å²) in [6.45, 7) is 2.04. The molecule has 19 heavy (non-hydrogen) atoms. The summed E-state index contributed by atoms with van der Waals surface area (Å²) in [5.74, 6) is 0.296. The monoisotopic (exact) mass is 477 g/mol. The third-order valence-electron chi connectivity index (χ3n) is 2.78. The fourth-order valence-corrected chi connectivity index (χ4v) is 3.58. The minimum Gasteiger partial charge on any atom is -0.506 e. The van der Waals surface area contributed by atoms with E-state index < -0.39 is 0 Å². The molecule has 0 aliphatic heterocycles. The van der Waals surface area contributed by atoms with Crippen molar-refractivity contribution < 1.29 is 5.11 Å². The van der Waals surface area contributed by atoms with Crippen LogP contribution in [0.1, 0.15) is 24.1 Å². The Morgan fingerprint density at radius 1 is 1.16 bits per heavy atom. The van der Waals surface area contributed by atoms with Gasteiger partial charge < -0.3 is 5.11 Å². The Morgan fingerprint density at radius 3 is 2.53 bits per heavy atom. The van der Waals surface area contributed by atoms with Gasteiger partial charge in [0.2, 0.25) is 0 Å². The normalized spacial score (nSPS) is 12.8. The maximum atomic E-state index is 10.0. The van der Waals surface area contributed by atoms with Crippen LogP contribution in [0.3, 0.4) is 0 Å². The average Bonchev–Trinajstić information content (AvgIpc) is 2.41. The zero-order valence-electron chi connectivity index (χ0n) is 10.3. The molecule has 0 aliphatic carbocycles. The number of aromatic hydroxyl groups is 1. The second kappa shape index (κ2) is 6.69. The largest absolute Gasteiger partial charge is 0.506 e. The second-order valence-corrected chi connectivity index (χ2v) is 6.60. The van der Waals surface area contributed by atoms with E-state index >= 15 is 0 Å². The molecule has 2 nitrogen and oxygen atoms in total. The lowest BCUT2D eigenvalue weighted by Crippen LogP contribution is -1.92. The van der Waals surface area contributed by atoms with Crippen molar-refractivity contribution in [3.8, 4) is 5.75 Å². The molecule has 0 amide bonds. The van der Waals surface area contributed by atoms with Crippen molar-refractivity contribution in [3.63, 3.8) is 0 Å². The molecule has 98 valence electrons. The van der Waals surface area contributed by atoms with E-state index in [9.17, 15) is 5.11 Å². The van der Waals surface area contributed by atoms with Crippen molar-refractivity contribution in [2.75, 3.05) is 0 Å². The summed E-state index contributed by atoms with van der Waals surface area (Å²) < 4.78 is 1.94. The van der Waals surface area contributed by atoms with Gasteiger partial charge in [0, 0.05) is 15.3 Å². The molecule has 0 fully saturated rings. The SMILES string of the molecule is C[C@@H](N=Cc1cc(I)cc(I)c1O)c1ccccc1. The van der Waals surface area contributed by atoms with Gasteiger partial charge in [-0.25, -0.2) is 0 Å². The van der Waals surface area contributed by atoms with Crippen molar-refractivity contribution in [3.05, 3.63) is 60.7 Å². The molecule has 4 heteroatoms. The molecule has 0 saturated carbocycles. The summed E-state index contributed by atoms with van der Waals surface area (Å²) in [5, 5.41) is 10.0. The molecule has 0 saturated heterocycles. The number of halogens is 2. The third kappa shape index (κ3) is 3.92.